The van der Waals surface area contributed by atoms with Crippen LogP contribution in [0.1, 0.15) is 31.2 Å². The first-order chi connectivity index (χ1) is 7.56. The number of benzene rings is 1. The van der Waals surface area contributed by atoms with Gasteiger partial charge in [0.05, 0.1) is 0 Å². The van der Waals surface area contributed by atoms with Gasteiger partial charge in [-0.1, -0.05) is 25.4 Å². The van der Waals surface area contributed by atoms with Crippen molar-refractivity contribution < 1.29 is 0 Å². The van der Waals surface area contributed by atoms with E-state index in [1.165, 1.54) is 0 Å². The Morgan fingerprint density at radius 3 is 2.56 bits per heavy atom. The maximum absolute atomic E-state index is 6.00. The van der Waals surface area contributed by atoms with Crippen molar-refractivity contribution in [2.24, 2.45) is 0 Å². The van der Waals surface area contributed by atoms with Crippen LogP contribution in [0.2, 0.25) is 5.02 Å². The van der Waals surface area contributed by atoms with Gasteiger partial charge in [-0.2, -0.15) is 5.10 Å². The van der Waals surface area contributed by atoms with Crippen molar-refractivity contribution in [3.8, 4) is 11.4 Å². The molecule has 0 aliphatic rings. The Morgan fingerprint density at radius 1 is 1.25 bits per heavy atom. The van der Waals surface area contributed by atoms with Gasteiger partial charge in [-0.25, -0.2) is 4.98 Å². The van der Waals surface area contributed by atoms with Crippen molar-refractivity contribution in [1.29, 1.82) is 0 Å². The molecule has 0 atom stereocenters. The summed E-state index contributed by atoms with van der Waals surface area (Å²) in [6.45, 7) is 6.16. The van der Waals surface area contributed by atoms with Gasteiger partial charge in [0.15, 0.2) is 5.82 Å². The van der Waals surface area contributed by atoms with Crippen LogP contribution in [0.15, 0.2) is 18.2 Å². The van der Waals surface area contributed by atoms with Crippen LogP contribution < -0.4 is 0 Å². The summed E-state index contributed by atoms with van der Waals surface area (Å²) in [5.74, 6) is 1.95. The second kappa shape index (κ2) is 4.26. The van der Waals surface area contributed by atoms with Gasteiger partial charge in [-0.05, 0) is 30.7 Å². The predicted molar refractivity (Wildman–Crippen MR) is 65.7 cm³/mol. The molecule has 1 N–H and O–H groups in total. The van der Waals surface area contributed by atoms with E-state index in [0.29, 0.717) is 16.8 Å². The van der Waals surface area contributed by atoms with E-state index in [2.05, 4.69) is 29.0 Å². The van der Waals surface area contributed by atoms with Gasteiger partial charge < -0.3 is 0 Å². The Bertz CT molecular complexity index is 482. The molecular formula is C12H14ClN3. The Hall–Kier alpha value is -1.35. The highest BCUT2D eigenvalue weighted by Gasteiger charge is 2.09. The van der Waals surface area contributed by atoms with E-state index in [1.54, 1.807) is 0 Å². The molecule has 84 valence electrons. The van der Waals surface area contributed by atoms with Crippen molar-refractivity contribution in [2.45, 2.75) is 26.7 Å². The van der Waals surface area contributed by atoms with E-state index in [9.17, 15) is 0 Å². The summed E-state index contributed by atoms with van der Waals surface area (Å²) in [5, 5.41) is 7.85. The second-order valence-corrected chi connectivity index (χ2v) is 4.65. The summed E-state index contributed by atoms with van der Waals surface area (Å²) in [6, 6.07) is 5.82. The lowest BCUT2D eigenvalue weighted by atomic mass is 10.1. The molecule has 1 aromatic heterocycles. The molecular weight excluding hydrogens is 222 g/mol. The molecule has 0 unspecified atom stereocenters. The number of halogens is 1. The minimum absolute atomic E-state index is 0.349. The normalized spacial score (nSPS) is 11.1. The summed E-state index contributed by atoms with van der Waals surface area (Å²) < 4.78 is 0. The van der Waals surface area contributed by atoms with E-state index >= 15 is 0 Å². The number of aromatic amines is 1. The van der Waals surface area contributed by atoms with E-state index in [4.69, 9.17) is 11.6 Å². The van der Waals surface area contributed by atoms with Crippen LogP contribution in [0.3, 0.4) is 0 Å². The summed E-state index contributed by atoms with van der Waals surface area (Å²) in [5.41, 5.74) is 2.06. The number of hydrogen-bond donors (Lipinski definition) is 1. The molecule has 1 aromatic carbocycles. The van der Waals surface area contributed by atoms with E-state index in [1.807, 2.05) is 25.1 Å². The number of rotatable bonds is 2. The molecule has 0 saturated carbocycles. The zero-order valence-electron chi connectivity index (χ0n) is 9.58. The largest absolute Gasteiger partial charge is 0.262 e. The van der Waals surface area contributed by atoms with E-state index < -0.39 is 0 Å². The molecule has 0 aliphatic carbocycles. The Morgan fingerprint density at radius 2 is 2.00 bits per heavy atom. The number of H-pyrrole nitrogens is 1. The fourth-order valence-electron chi connectivity index (χ4n) is 1.53. The van der Waals surface area contributed by atoms with Crippen LogP contribution in [-0.2, 0) is 0 Å². The highest BCUT2D eigenvalue weighted by Crippen LogP contribution is 2.22. The summed E-state index contributed by atoms with van der Waals surface area (Å²) in [4.78, 5) is 4.44. The first-order valence-corrected chi connectivity index (χ1v) is 5.64. The van der Waals surface area contributed by atoms with E-state index in [0.717, 1.165) is 17.0 Å². The smallest absolute Gasteiger partial charge is 0.181 e. The Balaban J connectivity index is 2.42. The van der Waals surface area contributed by atoms with Gasteiger partial charge in [0.1, 0.15) is 5.82 Å². The van der Waals surface area contributed by atoms with E-state index in [-0.39, 0.29) is 0 Å². The fourth-order valence-corrected chi connectivity index (χ4v) is 1.82. The quantitative estimate of drug-likeness (QED) is 0.865. The van der Waals surface area contributed by atoms with Crippen molar-refractivity contribution >= 4 is 11.6 Å². The van der Waals surface area contributed by atoms with Gasteiger partial charge in [-0.3, -0.25) is 5.10 Å². The molecule has 1 heterocycles. The molecule has 0 fully saturated rings. The van der Waals surface area contributed by atoms with Crippen molar-refractivity contribution in [3.05, 3.63) is 34.6 Å². The first kappa shape index (κ1) is 11.1. The summed E-state index contributed by atoms with van der Waals surface area (Å²) >= 11 is 6.00. The topological polar surface area (TPSA) is 41.6 Å². The van der Waals surface area contributed by atoms with Crippen molar-refractivity contribution in [2.75, 3.05) is 0 Å². The lowest BCUT2D eigenvalue weighted by Gasteiger charge is -1.99. The highest BCUT2D eigenvalue weighted by atomic mass is 35.5. The number of aryl methyl sites for hydroxylation is 1. The molecule has 0 spiro atoms. The Labute approximate surface area is 99.9 Å². The van der Waals surface area contributed by atoms with Crippen LogP contribution in [0.4, 0.5) is 0 Å². The summed E-state index contributed by atoms with van der Waals surface area (Å²) in [6.07, 6.45) is 0. The van der Waals surface area contributed by atoms with Crippen molar-refractivity contribution in [3.63, 3.8) is 0 Å². The maximum atomic E-state index is 6.00. The molecule has 0 amide bonds. The van der Waals surface area contributed by atoms with Crippen LogP contribution in [0.25, 0.3) is 11.4 Å². The third-order valence-electron chi connectivity index (χ3n) is 2.35. The van der Waals surface area contributed by atoms with Crippen LogP contribution in [0, 0.1) is 6.92 Å². The average Bonchev–Trinajstić information content (AvgIpc) is 2.64. The first-order valence-electron chi connectivity index (χ1n) is 5.26. The average molecular weight is 236 g/mol. The number of nitrogens with zero attached hydrogens (tertiary/aromatic N) is 2. The molecule has 0 bridgehead atoms. The molecule has 4 heteroatoms. The standard InChI is InChI=1S/C12H14ClN3/c1-7(2)11-14-12(16-15-11)9-4-8(3)5-10(13)6-9/h4-7H,1-3H3,(H,14,15,16). The van der Waals surface area contributed by atoms with Crippen LogP contribution in [0.5, 0.6) is 0 Å². The second-order valence-electron chi connectivity index (χ2n) is 4.22. The third kappa shape index (κ3) is 2.25. The SMILES string of the molecule is Cc1cc(Cl)cc(-c2n[nH]c(C(C)C)n2)c1. The lowest BCUT2D eigenvalue weighted by Crippen LogP contribution is -1.89. The maximum Gasteiger partial charge on any atom is 0.181 e. The monoisotopic (exact) mass is 235 g/mol. The number of hydrogen-bond acceptors (Lipinski definition) is 2. The minimum atomic E-state index is 0.349. The minimum Gasteiger partial charge on any atom is -0.262 e. The molecule has 2 aromatic rings. The molecule has 0 radical (unpaired) electrons. The van der Waals surface area contributed by atoms with Crippen LogP contribution >= 0.6 is 11.6 Å². The zero-order valence-corrected chi connectivity index (χ0v) is 10.3. The molecule has 16 heavy (non-hydrogen) atoms. The fraction of sp³-hybridized carbons (Fsp3) is 0.333. The van der Waals surface area contributed by atoms with Crippen LogP contribution in [-0.4, -0.2) is 15.2 Å². The number of aromatic nitrogens is 3. The zero-order chi connectivity index (χ0) is 11.7. The Kier molecular flexibility index (Phi) is 2.97. The lowest BCUT2D eigenvalue weighted by molar-refractivity contribution is 0.781. The van der Waals surface area contributed by atoms with Gasteiger partial charge >= 0.3 is 0 Å². The molecule has 3 nitrogen and oxygen atoms in total. The summed E-state index contributed by atoms with van der Waals surface area (Å²) in [7, 11) is 0. The highest BCUT2D eigenvalue weighted by molar-refractivity contribution is 6.30. The predicted octanol–water partition coefficient (Wildman–Crippen LogP) is 3.56. The van der Waals surface area contributed by atoms with Gasteiger partial charge in [0.2, 0.25) is 0 Å². The molecule has 0 saturated heterocycles. The number of nitrogens with one attached hydrogen (secondary N) is 1. The molecule has 2 rings (SSSR count). The van der Waals surface area contributed by atoms with Gasteiger partial charge in [0.25, 0.3) is 0 Å². The molecule has 0 aliphatic heterocycles. The van der Waals surface area contributed by atoms with Crippen molar-refractivity contribution in [1.82, 2.24) is 15.2 Å². The third-order valence-corrected chi connectivity index (χ3v) is 2.57. The van der Waals surface area contributed by atoms with Gasteiger partial charge in [-0.15, -0.1) is 0 Å². The van der Waals surface area contributed by atoms with Gasteiger partial charge in [0, 0.05) is 16.5 Å².